The lowest BCUT2D eigenvalue weighted by molar-refractivity contribution is -0.113. The van der Waals surface area contributed by atoms with Crippen LogP contribution in [-0.2, 0) is 4.79 Å². The number of nitrogens with two attached hydrogens (primary N) is 1. The number of rotatable bonds is 6. The van der Waals surface area contributed by atoms with Crippen LogP contribution >= 0.6 is 23.1 Å². The number of hydrogen-bond acceptors (Lipinski definition) is 6. The molecule has 1 amide bonds. The Balaban J connectivity index is 1.60. The number of benzene rings is 2. The lowest BCUT2D eigenvalue weighted by Gasteiger charge is -2.03. The lowest BCUT2D eigenvalue weighted by atomic mass is 10.2. The van der Waals surface area contributed by atoms with Gasteiger partial charge in [-0.05, 0) is 30.3 Å². The number of thiazole rings is 1. The first-order valence-corrected chi connectivity index (χ1v) is 9.39. The maximum Gasteiger partial charge on any atom is 0.236 e. The van der Waals surface area contributed by atoms with E-state index in [0.29, 0.717) is 16.6 Å². The molecular weight excluding hydrogens is 354 g/mol. The smallest absolute Gasteiger partial charge is 0.236 e. The number of aromatic nitrogens is 1. The van der Waals surface area contributed by atoms with E-state index in [1.54, 1.807) is 7.11 Å². The number of methoxy groups -OCH3 is 1. The molecule has 0 saturated carbocycles. The molecule has 0 fully saturated rings. The zero-order valence-electron chi connectivity index (χ0n) is 13.6. The van der Waals surface area contributed by atoms with E-state index in [1.807, 2.05) is 53.9 Å². The predicted octanol–water partition coefficient (Wildman–Crippen LogP) is 4.13. The van der Waals surface area contributed by atoms with Gasteiger partial charge in [-0.3, -0.25) is 4.79 Å². The van der Waals surface area contributed by atoms with Crippen molar-refractivity contribution in [3.05, 3.63) is 53.9 Å². The number of thioether (sulfide) groups is 1. The van der Waals surface area contributed by atoms with Gasteiger partial charge in [0, 0.05) is 21.5 Å². The molecule has 1 aromatic heterocycles. The van der Waals surface area contributed by atoms with Gasteiger partial charge in [-0.25, -0.2) is 4.98 Å². The lowest BCUT2D eigenvalue weighted by Crippen LogP contribution is -2.13. The first kappa shape index (κ1) is 17.3. The second-order valence-corrected chi connectivity index (χ2v) is 7.09. The van der Waals surface area contributed by atoms with Crippen LogP contribution in [0.25, 0.3) is 11.3 Å². The largest absolute Gasteiger partial charge is 0.497 e. The molecule has 2 aromatic carbocycles. The molecule has 0 spiro atoms. The molecule has 0 atom stereocenters. The standard InChI is InChI=1S/C18H17N3O2S2/c1-23-14-6-2-4-12(8-14)16-10-25-18(20-16)21-17(22)11-24-15-7-3-5-13(19)9-15/h2-10H,11,19H2,1H3,(H,20,21,22). The third-order valence-electron chi connectivity index (χ3n) is 3.34. The topological polar surface area (TPSA) is 77.2 Å². The van der Waals surface area contributed by atoms with Crippen molar-refractivity contribution in [3.8, 4) is 17.0 Å². The van der Waals surface area contributed by atoms with Gasteiger partial charge < -0.3 is 15.8 Å². The minimum Gasteiger partial charge on any atom is -0.497 e. The zero-order chi connectivity index (χ0) is 17.6. The summed E-state index contributed by atoms with van der Waals surface area (Å²) in [6, 6.07) is 15.1. The number of carbonyl (C=O) groups is 1. The molecule has 0 aliphatic heterocycles. The molecular formula is C18H17N3O2S2. The molecule has 5 nitrogen and oxygen atoms in total. The van der Waals surface area contributed by atoms with Gasteiger partial charge in [-0.15, -0.1) is 23.1 Å². The molecule has 0 aliphatic rings. The third-order valence-corrected chi connectivity index (χ3v) is 5.10. The highest BCUT2D eigenvalue weighted by Gasteiger charge is 2.09. The molecule has 128 valence electrons. The fourth-order valence-corrected chi connectivity index (χ4v) is 3.65. The Labute approximate surface area is 154 Å². The van der Waals surface area contributed by atoms with Crippen molar-refractivity contribution in [1.82, 2.24) is 4.98 Å². The Kier molecular flexibility index (Phi) is 5.57. The highest BCUT2D eigenvalue weighted by Crippen LogP contribution is 2.28. The number of nitrogens with one attached hydrogen (secondary N) is 1. The first-order chi connectivity index (χ1) is 12.1. The molecule has 0 aliphatic carbocycles. The van der Waals surface area contributed by atoms with Crippen molar-refractivity contribution in [2.45, 2.75) is 4.90 Å². The molecule has 0 unspecified atom stereocenters. The van der Waals surface area contributed by atoms with Crippen LogP contribution in [-0.4, -0.2) is 23.8 Å². The van der Waals surface area contributed by atoms with Gasteiger partial charge in [0.25, 0.3) is 0 Å². The maximum atomic E-state index is 12.1. The molecule has 3 aromatic rings. The van der Waals surface area contributed by atoms with E-state index < -0.39 is 0 Å². The molecule has 3 N–H and O–H groups in total. The van der Waals surface area contributed by atoms with Crippen molar-refractivity contribution in [1.29, 1.82) is 0 Å². The number of amides is 1. The van der Waals surface area contributed by atoms with E-state index in [4.69, 9.17) is 10.5 Å². The average molecular weight is 371 g/mol. The summed E-state index contributed by atoms with van der Waals surface area (Å²) < 4.78 is 5.22. The number of nitrogens with zero attached hydrogens (tertiary/aromatic N) is 1. The molecule has 0 saturated heterocycles. The SMILES string of the molecule is COc1cccc(-c2csc(NC(=O)CSc3cccc(N)c3)n2)c1. The Morgan fingerprint density at radius 3 is 2.92 bits per heavy atom. The van der Waals surface area contributed by atoms with Gasteiger partial charge in [0.1, 0.15) is 5.75 Å². The van der Waals surface area contributed by atoms with Gasteiger partial charge in [0.15, 0.2) is 5.13 Å². The van der Waals surface area contributed by atoms with Crippen molar-refractivity contribution in [3.63, 3.8) is 0 Å². The highest BCUT2D eigenvalue weighted by atomic mass is 32.2. The van der Waals surface area contributed by atoms with Crippen LogP contribution in [0, 0.1) is 0 Å². The Morgan fingerprint density at radius 1 is 1.28 bits per heavy atom. The Morgan fingerprint density at radius 2 is 2.12 bits per heavy atom. The summed E-state index contributed by atoms with van der Waals surface area (Å²) in [6.07, 6.45) is 0. The zero-order valence-corrected chi connectivity index (χ0v) is 15.2. The van der Waals surface area contributed by atoms with Gasteiger partial charge in [0.2, 0.25) is 5.91 Å². The second-order valence-electron chi connectivity index (χ2n) is 5.18. The summed E-state index contributed by atoms with van der Waals surface area (Å²) >= 11 is 2.84. The van der Waals surface area contributed by atoms with E-state index in [2.05, 4.69) is 10.3 Å². The van der Waals surface area contributed by atoms with E-state index in [9.17, 15) is 4.79 Å². The minimum absolute atomic E-state index is 0.0982. The van der Waals surface area contributed by atoms with Gasteiger partial charge in [-0.1, -0.05) is 18.2 Å². The van der Waals surface area contributed by atoms with Crippen LogP contribution in [0.2, 0.25) is 0 Å². The summed E-state index contributed by atoms with van der Waals surface area (Å²) in [6.45, 7) is 0. The average Bonchev–Trinajstić information content (AvgIpc) is 3.08. The van der Waals surface area contributed by atoms with Crippen molar-refractivity contribution in [2.24, 2.45) is 0 Å². The Hall–Kier alpha value is -2.51. The minimum atomic E-state index is -0.0982. The number of carbonyl (C=O) groups excluding carboxylic acids is 1. The van der Waals surface area contributed by atoms with Crippen molar-refractivity contribution >= 4 is 39.8 Å². The quantitative estimate of drug-likeness (QED) is 0.503. The van der Waals surface area contributed by atoms with Gasteiger partial charge in [-0.2, -0.15) is 0 Å². The normalized spacial score (nSPS) is 10.4. The summed E-state index contributed by atoms with van der Waals surface area (Å²) in [5, 5.41) is 5.32. The van der Waals surface area contributed by atoms with Gasteiger partial charge >= 0.3 is 0 Å². The molecule has 1 heterocycles. The number of ether oxygens (including phenoxy) is 1. The number of anilines is 2. The second kappa shape index (κ2) is 8.04. The van der Waals surface area contributed by atoms with Crippen LogP contribution < -0.4 is 15.8 Å². The van der Waals surface area contributed by atoms with Crippen LogP contribution in [0.5, 0.6) is 5.75 Å². The van der Waals surface area contributed by atoms with Crippen LogP contribution in [0.3, 0.4) is 0 Å². The summed E-state index contributed by atoms with van der Waals surface area (Å²) in [4.78, 5) is 17.5. The van der Waals surface area contributed by atoms with Crippen molar-refractivity contribution in [2.75, 3.05) is 23.9 Å². The monoisotopic (exact) mass is 371 g/mol. The van der Waals surface area contributed by atoms with Crippen LogP contribution in [0.15, 0.2) is 58.8 Å². The van der Waals surface area contributed by atoms with E-state index in [0.717, 1.165) is 21.9 Å². The summed E-state index contributed by atoms with van der Waals surface area (Å²) in [7, 11) is 1.63. The van der Waals surface area contributed by atoms with E-state index >= 15 is 0 Å². The molecule has 7 heteroatoms. The molecule has 0 bridgehead atoms. The van der Waals surface area contributed by atoms with Crippen LogP contribution in [0.4, 0.5) is 10.8 Å². The Bertz CT molecular complexity index is 880. The summed E-state index contributed by atoms with van der Waals surface area (Å²) in [5.41, 5.74) is 8.18. The third kappa shape index (κ3) is 4.74. The number of hydrogen-bond donors (Lipinski definition) is 2. The highest BCUT2D eigenvalue weighted by molar-refractivity contribution is 8.00. The molecule has 0 radical (unpaired) electrons. The fraction of sp³-hybridized carbons (Fsp3) is 0.111. The van der Waals surface area contributed by atoms with E-state index in [-0.39, 0.29) is 5.91 Å². The predicted molar refractivity (Wildman–Crippen MR) is 104 cm³/mol. The molecule has 3 rings (SSSR count). The first-order valence-electron chi connectivity index (χ1n) is 7.52. The number of nitrogen functional groups attached to an aromatic ring is 1. The van der Waals surface area contributed by atoms with Crippen LogP contribution in [0.1, 0.15) is 0 Å². The van der Waals surface area contributed by atoms with Crippen molar-refractivity contribution < 1.29 is 9.53 Å². The molecule has 25 heavy (non-hydrogen) atoms. The van der Waals surface area contributed by atoms with Gasteiger partial charge in [0.05, 0.1) is 18.6 Å². The fourth-order valence-electron chi connectivity index (χ4n) is 2.15. The summed E-state index contributed by atoms with van der Waals surface area (Å²) in [5.74, 6) is 0.978. The van der Waals surface area contributed by atoms with E-state index in [1.165, 1.54) is 23.1 Å². The maximum absolute atomic E-state index is 12.1.